The quantitative estimate of drug-likeness (QED) is 0.645. The van der Waals surface area contributed by atoms with Crippen LogP contribution in [0, 0.1) is 0 Å². The Balaban J connectivity index is 2.18. The summed E-state index contributed by atoms with van der Waals surface area (Å²) in [5, 5.41) is 0. The van der Waals surface area contributed by atoms with Crippen LogP contribution in [0.2, 0.25) is 0 Å². The lowest BCUT2D eigenvalue weighted by molar-refractivity contribution is 0.786. The van der Waals surface area contributed by atoms with Crippen molar-refractivity contribution in [2.45, 2.75) is 38.5 Å². The van der Waals surface area contributed by atoms with Crippen LogP contribution in [0.3, 0.4) is 0 Å². The van der Waals surface area contributed by atoms with Gasteiger partial charge in [0, 0.05) is 18.9 Å². The second-order valence-corrected chi connectivity index (χ2v) is 3.90. The molecule has 0 atom stereocenters. The molecule has 0 saturated heterocycles. The first kappa shape index (κ1) is 7.90. The summed E-state index contributed by atoms with van der Waals surface area (Å²) >= 11 is 0. The minimum Gasteiger partial charge on any atom is -0.354 e. The van der Waals surface area contributed by atoms with Crippen LogP contribution < -0.4 is 0 Å². The van der Waals surface area contributed by atoms with Crippen LogP contribution in [0.1, 0.15) is 43.4 Å². The molecule has 1 aliphatic carbocycles. The molecule has 1 fully saturated rings. The lowest BCUT2D eigenvalue weighted by atomic mass is 10.2. The number of aromatic nitrogens is 1. The monoisotopic (exact) mass is 163 g/mol. The molecule has 0 aromatic carbocycles. The van der Waals surface area contributed by atoms with Crippen LogP contribution in [0.15, 0.2) is 12.3 Å². The van der Waals surface area contributed by atoms with Crippen LogP contribution in [0.4, 0.5) is 0 Å². The number of aryl methyl sites for hydroxylation is 2. The average Bonchev–Trinajstić information content (AvgIpc) is 2.80. The number of rotatable bonds is 3. The Kier molecular flexibility index (Phi) is 1.95. The van der Waals surface area contributed by atoms with Gasteiger partial charge in [0.15, 0.2) is 0 Å². The van der Waals surface area contributed by atoms with E-state index < -0.39 is 0 Å². The van der Waals surface area contributed by atoms with E-state index >= 15 is 0 Å². The topological polar surface area (TPSA) is 4.93 Å². The molecule has 1 nitrogen and oxygen atoms in total. The summed E-state index contributed by atoms with van der Waals surface area (Å²) in [6.45, 7) is 2.24. The Morgan fingerprint density at radius 2 is 2.25 bits per heavy atom. The minimum absolute atomic E-state index is 0.904. The van der Waals surface area contributed by atoms with Gasteiger partial charge in [-0.2, -0.15) is 0 Å². The van der Waals surface area contributed by atoms with Crippen molar-refractivity contribution >= 4 is 0 Å². The fraction of sp³-hybridized carbons (Fsp3) is 0.636. The van der Waals surface area contributed by atoms with Gasteiger partial charge in [0.05, 0.1) is 0 Å². The fourth-order valence-corrected chi connectivity index (χ4v) is 1.78. The van der Waals surface area contributed by atoms with Gasteiger partial charge >= 0.3 is 0 Å². The molecule has 2 rings (SSSR count). The van der Waals surface area contributed by atoms with E-state index in [9.17, 15) is 0 Å². The Morgan fingerprint density at radius 3 is 2.83 bits per heavy atom. The number of hydrogen-bond acceptors (Lipinski definition) is 0. The maximum absolute atomic E-state index is 2.39. The fourth-order valence-electron chi connectivity index (χ4n) is 1.78. The van der Waals surface area contributed by atoms with Crippen LogP contribution in [0.5, 0.6) is 0 Å². The van der Waals surface area contributed by atoms with Gasteiger partial charge < -0.3 is 4.57 Å². The predicted molar refractivity (Wildman–Crippen MR) is 51.4 cm³/mol. The van der Waals surface area contributed by atoms with Crippen molar-refractivity contribution in [2.24, 2.45) is 7.05 Å². The molecule has 1 aliphatic rings. The van der Waals surface area contributed by atoms with Gasteiger partial charge in [-0.15, -0.1) is 0 Å². The SMILES string of the molecule is CCCc1cc(C2CC2)cn1C. The van der Waals surface area contributed by atoms with Gasteiger partial charge in [0.1, 0.15) is 0 Å². The number of nitrogens with zero attached hydrogens (tertiary/aromatic N) is 1. The van der Waals surface area contributed by atoms with E-state index in [4.69, 9.17) is 0 Å². The van der Waals surface area contributed by atoms with E-state index in [0.717, 1.165) is 5.92 Å². The summed E-state index contributed by atoms with van der Waals surface area (Å²) in [7, 11) is 2.16. The summed E-state index contributed by atoms with van der Waals surface area (Å²) in [6, 6.07) is 2.39. The Bertz CT molecular complexity index is 269. The van der Waals surface area contributed by atoms with Gasteiger partial charge in [-0.05, 0) is 36.8 Å². The zero-order valence-corrected chi connectivity index (χ0v) is 8.01. The van der Waals surface area contributed by atoms with E-state index in [2.05, 4.69) is 30.8 Å². The maximum Gasteiger partial charge on any atom is 0.0174 e. The highest BCUT2D eigenvalue weighted by molar-refractivity contribution is 5.26. The second kappa shape index (κ2) is 2.96. The van der Waals surface area contributed by atoms with Gasteiger partial charge in [0.25, 0.3) is 0 Å². The minimum atomic E-state index is 0.904. The molecule has 0 N–H and O–H groups in total. The van der Waals surface area contributed by atoms with Gasteiger partial charge in [-0.1, -0.05) is 13.3 Å². The molecule has 1 saturated carbocycles. The van der Waals surface area contributed by atoms with Crippen molar-refractivity contribution in [3.8, 4) is 0 Å². The first-order valence-corrected chi connectivity index (χ1v) is 4.96. The molecule has 0 unspecified atom stereocenters. The molecular weight excluding hydrogens is 146 g/mol. The summed E-state index contributed by atoms with van der Waals surface area (Å²) in [5.41, 5.74) is 3.07. The molecule has 1 heteroatoms. The van der Waals surface area contributed by atoms with Crippen molar-refractivity contribution in [2.75, 3.05) is 0 Å². The molecule has 0 radical (unpaired) electrons. The van der Waals surface area contributed by atoms with Gasteiger partial charge in [-0.3, -0.25) is 0 Å². The van der Waals surface area contributed by atoms with Crippen LogP contribution >= 0.6 is 0 Å². The van der Waals surface area contributed by atoms with Crippen molar-refractivity contribution in [1.82, 2.24) is 4.57 Å². The van der Waals surface area contributed by atoms with Crippen LogP contribution in [-0.4, -0.2) is 4.57 Å². The summed E-state index contributed by atoms with van der Waals surface area (Å²) in [6.07, 6.45) is 7.61. The van der Waals surface area contributed by atoms with Crippen LogP contribution in [0.25, 0.3) is 0 Å². The summed E-state index contributed by atoms with van der Waals surface area (Å²) < 4.78 is 2.29. The molecule has 0 spiro atoms. The molecular formula is C11H17N. The molecule has 66 valence electrons. The van der Waals surface area contributed by atoms with E-state index in [-0.39, 0.29) is 0 Å². The van der Waals surface area contributed by atoms with E-state index in [1.54, 1.807) is 5.56 Å². The largest absolute Gasteiger partial charge is 0.354 e. The van der Waals surface area contributed by atoms with E-state index in [1.807, 2.05) is 0 Å². The zero-order chi connectivity index (χ0) is 8.55. The van der Waals surface area contributed by atoms with Gasteiger partial charge in [-0.25, -0.2) is 0 Å². The first-order chi connectivity index (χ1) is 5.81. The highest BCUT2D eigenvalue weighted by Crippen LogP contribution is 2.40. The molecule has 0 aliphatic heterocycles. The highest BCUT2D eigenvalue weighted by atomic mass is 14.9. The Labute approximate surface area is 74.4 Å². The number of hydrogen-bond donors (Lipinski definition) is 0. The average molecular weight is 163 g/mol. The predicted octanol–water partition coefficient (Wildman–Crippen LogP) is 2.86. The molecule has 0 bridgehead atoms. The molecule has 0 amide bonds. The van der Waals surface area contributed by atoms with Gasteiger partial charge in [0.2, 0.25) is 0 Å². The zero-order valence-electron chi connectivity index (χ0n) is 8.01. The first-order valence-electron chi connectivity index (χ1n) is 4.96. The molecule has 1 heterocycles. The molecule has 1 aromatic rings. The smallest absolute Gasteiger partial charge is 0.0174 e. The standard InChI is InChI=1S/C11H17N/c1-3-4-11-7-10(8-12(11)2)9-5-6-9/h7-9H,3-6H2,1-2H3. The normalized spacial score (nSPS) is 16.8. The summed E-state index contributed by atoms with van der Waals surface area (Å²) in [5.74, 6) is 0.904. The molecule has 1 aromatic heterocycles. The highest BCUT2D eigenvalue weighted by Gasteiger charge is 2.24. The lowest BCUT2D eigenvalue weighted by Gasteiger charge is -1.98. The van der Waals surface area contributed by atoms with E-state index in [0.29, 0.717) is 0 Å². The van der Waals surface area contributed by atoms with Crippen molar-refractivity contribution in [1.29, 1.82) is 0 Å². The Morgan fingerprint density at radius 1 is 1.50 bits per heavy atom. The third-order valence-electron chi connectivity index (χ3n) is 2.68. The molecule has 12 heavy (non-hydrogen) atoms. The summed E-state index contributed by atoms with van der Waals surface area (Å²) in [4.78, 5) is 0. The third-order valence-corrected chi connectivity index (χ3v) is 2.68. The van der Waals surface area contributed by atoms with Crippen molar-refractivity contribution < 1.29 is 0 Å². The van der Waals surface area contributed by atoms with Crippen LogP contribution in [-0.2, 0) is 13.5 Å². The van der Waals surface area contributed by atoms with E-state index in [1.165, 1.54) is 31.4 Å². The third kappa shape index (κ3) is 1.40. The van der Waals surface area contributed by atoms with Crippen molar-refractivity contribution in [3.05, 3.63) is 23.5 Å². The Hall–Kier alpha value is -0.720. The van der Waals surface area contributed by atoms with Crippen molar-refractivity contribution in [3.63, 3.8) is 0 Å². The lowest BCUT2D eigenvalue weighted by Crippen LogP contribution is -1.92. The second-order valence-electron chi connectivity index (χ2n) is 3.90. The maximum atomic E-state index is 2.39.